The van der Waals surface area contributed by atoms with Crippen LogP contribution in [0.25, 0.3) is 11.1 Å². The maximum Gasteiger partial charge on any atom is 0.115 e. The molecule has 4 heteroatoms. The van der Waals surface area contributed by atoms with Gasteiger partial charge in [0.1, 0.15) is 23.0 Å². The van der Waals surface area contributed by atoms with Crippen LogP contribution in [0, 0.1) is 0 Å². The molecule has 0 spiro atoms. The fourth-order valence-corrected chi connectivity index (χ4v) is 5.99. The van der Waals surface area contributed by atoms with Crippen LogP contribution in [0.2, 0.25) is 0 Å². The standard InChI is InChI=1S/C20H26O2.C18H20O2/c1-5-19(3,15-7-11-17(21)12-8-15)20(4,6-2)16-9-13-18(22)14-10-16;1-3-17(13-5-9-15(19)10-6-13)18(4-2)14-7-11-16(20)12-8-14/h7-14,21-22H,5-6H2,1-4H3;5-12,19-20H,3-4H2,1-2H3/b;18-17+. The molecule has 0 saturated heterocycles. The van der Waals surface area contributed by atoms with E-state index in [2.05, 4.69) is 41.5 Å². The smallest absolute Gasteiger partial charge is 0.115 e. The van der Waals surface area contributed by atoms with Crippen molar-refractivity contribution < 1.29 is 20.4 Å². The monoisotopic (exact) mass is 566 g/mol. The highest BCUT2D eigenvalue weighted by Crippen LogP contribution is 2.49. The SMILES string of the molecule is CC/C(=C(/CC)c1ccc(O)cc1)c1ccc(O)cc1.CCC(C)(c1ccc(O)cc1)C(C)(CC)c1ccc(O)cc1. The van der Waals surface area contributed by atoms with Crippen molar-refractivity contribution in [2.45, 2.75) is 78.1 Å². The molecule has 2 unspecified atom stereocenters. The first kappa shape index (κ1) is 32.3. The average Bonchev–Trinajstić information content (AvgIpc) is 3.01. The first-order valence-corrected chi connectivity index (χ1v) is 14.9. The zero-order chi connectivity index (χ0) is 30.9. The van der Waals surface area contributed by atoms with Crippen LogP contribution in [0.3, 0.4) is 0 Å². The number of hydrogen-bond acceptors (Lipinski definition) is 4. The second kappa shape index (κ2) is 14.1. The Kier molecular flexibility index (Phi) is 10.9. The van der Waals surface area contributed by atoms with Crippen LogP contribution < -0.4 is 0 Å². The van der Waals surface area contributed by atoms with Crippen molar-refractivity contribution >= 4 is 11.1 Å². The van der Waals surface area contributed by atoms with Gasteiger partial charge < -0.3 is 20.4 Å². The molecule has 2 atom stereocenters. The van der Waals surface area contributed by atoms with Crippen molar-refractivity contribution in [3.63, 3.8) is 0 Å². The summed E-state index contributed by atoms with van der Waals surface area (Å²) in [5.41, 5.74) is 7.15. The molecule has 0 aliphatic carbocycles. The van der Waals surface area contributed by atoms with E-state index in [1.807, 2.05) is 48.5 Å². The Balaban J connectivity index is 0.000000231. The van der Waals surface area contributed by atoms with E-state index in [0.717, 1.165) is 36.8 Å². The van der Waals surface area contributed by atoms with Gasteiger partial charge in [0.2, 0.25) is 0 Å². The quantitative estimate of drug-likeness (QED) is 0.152. The molecule has 0 aliphatic heterocycles. The lowest BCUT2D eigenvalue weighted by molar-refractivity contribution is 0.234. The van der Waals surface area contributed by atoms with Gasteiger partial charge >= 0.3 is 0 Å². The third kappa shape index (κ3) is 6.99. The fraction of sp³-hybridized carbons (Fsp3) is 0.316. The molecule has 0 bridgehead atoms. The second-order valence-electron chi connectivity index (χ2n) is 11.2. The summed E-state index contributed by atoms with van der Waals surface area (Å²) in [4.78, 5) is 0. The Labute approximate surface area is 251 Å². The Morgan fingerprint density at radius 2 is 0.667 bits per heavy atom. The molecule has 4 nitrogen and oxygen atoms in total. The summed E-state index contributed by atoms with van der Waals surface area (Å²) < 4.78 is 0. The lowest BCUT2D eigenvalue weighted by Gasteiger charge is -2.47. The zero-order valence-corrected chi connectivity index (χ0v) is 25.9. The van der Waals surface area contributed by atoms with E-state index in [4.69, 9.17) is 0 Å². The maximum absolute atomic E-state index is 9.57. The second-order valence-corrected chi connectivity index (χ2v) is 11.2. The molecular weight excluding hydrogens is 520 g/mol. The number of rotatable bonds is 9. The van der Waals surface area contributed by atoms with Gasteiger partial charge in [-0.2, -0.15) is 0 Å². The van der Waals surface area contributed by atoms with Crippen LogP contribution in [0.4, 0.5) is 0 Å². The molecule has 0 aliphatic rings. The van der Waals surface area contributed by atoms with Gasteiger partial charge in [-0.25, -0.2) is 0 Å². The average molecular weight is 567 g/mol. The van der Waals surface area contributed by atoms with Gasteiger partial charge in [-0.1, -0.05) is 90.1 Å². The zero-order valence-electron chi connectivity index (χ0n) is 25.9. The van der Waals surface area contributed by atoms with Crippen molar-refractivity contribution in [1.29, 1.82) is 0 Å². The number of phenolic OH excluding ortho intramolecular Hbond substituents is 4. The number of benzene rings is 4. The van der Waals surface area contributed by atoms with Crippen molar-refractivity contribution in [2.75, 3.05) is 0 Å². The van der Waals surface area contributed by atoms with Crippen molar-refractivity contribution in [3.8, 4) is 23.0 Å². The molecule has 0 radical (unpaired) electrons. The predicted molar refractivity (Wildman–Crippen MR) is 175 cm³/mol. The van der Waals surface area contributed by atoms with E-state index in [-0.39, 0.29) is 22.3 Å². The van der Waals surface area contributed by atoms with Crippen LogP contribution in [0.15, 0.2) is 97.1 Å². The van der Waals surface area contributed by atoms with E-state index in [1.54, 1.807) is 48.5 Å². The minimum Gasteiger partial charge on any atom is -0.508 e. The van der Waals surface area contributed by atoms with Crippen LogP contribution in [-0.2, 0) is 10.8 Å². The Morgan fingerprint density at radius 1 is 0.429 bits per heavy atom. The van der Waals surface area contributed by atoms with Crippen LogP contribution in [-0.4, -0.2) is 20.4 Å². The molecule has 4 N–H and O–H groups in total. The van der Waals surface area contributed by atoms with E-state index in [9.17, 15) is 20.4 Å². The van der Waals surface area contributed by atoms with E-state index in [1.165, 1.54) is 22.3 Å². The van der Waals surface area contributed by atoms with E-state index >= 15 is 0 Å². The highest BCUT2D eigenvalue weighted by Gasteiger charge is 2.44. The molecule has 0 fully saturated rings. The highest BCUT2D eigenvalue weighted by atomic mass is 16.3. The largest absolute Gasteiger partial charge is 0.508 e. The molecule has 222 valence electrons. The first-order valence-electron chi connectivity index (χ1n) is 14.9. The van der Waals surface area contributed by atoms with Gasteiger partial charge in [0.05, 0.1) is 0 Å². The summed E-state index contributed by atoms with van der Waals surface area (Å²) in [5, 5.41) is 38.0. The summed E-state index contributed by atoms with van der Waals surface area (Å²) in [5.74, 6) is 1.16. The van der Waals surface area contributed by atoms with Gasteiger partial charge in [-0.05, 0) is 108 Å². The van der Waals surface area contributed by atoms with E-state index in [0.29, 0.717) is 11.5 Å². The third-order valence-corrected chi connectivity index (χ3v) is 9.14. The molecular formula is C38H46O4. The predicted octanol–water partition coefficient (Wildman–Crippen LogP) is 9.96. The number of aromatic hydroxyl groups is 4. The molecule has 4 aromatic carbocycles. The van der Waals surface area contributed by atoms with Crippen LogP contribution in [0.1, 0.15) is 89.5 Å². The third-order valence-electron chi connectivity index (χ3n) is 9.14. The van der Waals surface area contributed by atoms with Crippen molar-refractivity contribution in [1.82, 2.24) is 0 Å². The lowest BCUT2D eigenvalue weighted by Crippen LogP contribution is -2.44. The van der Waals surface area contributed by atoms with Gasteiger partial charge in [-0.15, -0.1) is 0 Å². The van der Waals surface area contributed by atoms with E-state index < -0.39 is 0 Å². The van der Waals surface area contributed by atoms with Gasteiger partial charge in [0, 0.05) is 10.8 Å². The normalized spacial score (nSPS) is 14.5. The van der Waals surface area contributed by atoms with Gasteiger partial charge in [0.15, 0.2) is 0 Å². The summed E-state index contributed by atoms with van der Waals surface area (Å²) in [7, 11) is 0. The summed E-state index contributed by atoms with van der Waals surface area (Å²) >= 11 is 0. The van der Waals surface area contributed by atoms with Gasteiger partial charge in [-0.3, -0.25) is 0 Å². The van der Waals surface area contributed by atoms with Crippen molar-refractivity contribution in [3.05, 3.63) is 119 Å². The Hall–Kier alpha value is -4.18. The lowest BCUT2D eigenvalue weighted by atomic mass is 9.56. The van der Waals surface area contributed by atoms with Crippen LogP contribution >= 0.6 is 0 Å². The molecule has 4 rings (SSSR count). The summed E-state index contributed by atoms with van der Waals surface area (Å²) in [6.45, 7) is 13.3. The van der Waals surface area contributed by atoms with Gasteiger partial charge in [0.25, 0.3) is 0 Å². The first-order chi connectivity index (χ1) is 20.0. The molecule has 0 aromatic heterocycles. The molecule has 0 saturated carbocycles. The highest BCUT2D eigenvalue weighted by molar-refractivity contribution is 5.90. The topological polar surface area (TPSA) is 80.9 Å². The molecule has 42 heavy (non-hydrogen) atoms. The Bertz CT molecular complexity index is 1320. The minimum absolute atomic E-state index is 0.0631. The summed E-state index contributed by atoms with van der Waals surface area (Å²) in [6, 6.07) is 29.8. The minimum atomic E-state index is -0.0631. The van der Waals surface area contributed by atoms with Crippen molar-refractivity contribution in [2.24, 2.45) is 0 Å². The molecule has 4 aromatic rings. The summed E-state index contributed by atoms with van der Waals surface area (Å²) in [6.07, 6.45) is 3.83. The molecule has 0 amide bonds. The fourth-order valence-electron chi connectivity index (χ4n) is 5.99. The number of allylic oxidation sites excluding steroid dienone is 2. The maximum atomic E-state index is 9.57. The molecule has 0 heterocycles. The van der Waals surface area contributed by atoms with Crippen LogP contribution in [0.5, 0.6) is 23.0 Å². The number of phenols is 4. The number of hydrogen-bond donors (Lipinski definition) is 4. The Morgan fingerprint density at radius 3 is 0.881 bits per heavy atom.